The molecule has 2 amide bonds. The lowest BCUT2D eigenvalue weighted by molar-refractivity contribution is -0.143. The third-order valence-corrected chi connectivity index (χ3v) is 7.35. The standard InChI is InChI=1S/C19H27N5O2/c1-22-15(10-20-21-22)8-16(25)24-12-18(13-24)6-7-23(11-18)17(26)19-5-3-2-4-14(19)9-19/h10,14H,2-9,11-13H2,1H3. The first-order valence-corrected chi connectivity index (χ1v) is 9.92. The van der Waals surface area contributed by atoms with Crippen LogP contribution in [0.2, 0.25) is 0 Å². The molecule has 140 valence electrons. The van der Waals surface area contributed by atoms with Gasteiger partial charge >= 0.3 is 0 Å². The van der Waals surface area contributed by atoms with Gasteiger partial charge in [-0.05, 0) is 31.6 Å². The molecule has 2 aliphatic carbocycles. The van der Waals surface area contributed by atoms with Gasteiger partial charge in [-0.2, -0.15) is 0 Å². The fraction of sp³-hybridized carbons (Fsp3) is 0.789. The lowest BCUT2D eigenvalue weighted by Crippen LogP contribution is -2.60. The van der Waals surface area contributed by atoms with Crippen LogP contribution in [0.15, 0.2) is 6.20 Å². The van der Waals surface area contributed by atoms with Gasteiger partial charge in [0.1, 0.15) is 0 Å². The van der Waals surface area contributed by atoms with Crippen molar-refractivity contribution in [2.24, 2.45) is 23.8 Å². The zero-order valence-corrected chi connectivity index (χ0v) is 15.5. The van der Waals surface area contributed by atoms with Gasteiger partial charge in [-0.3, -0.25) is 14.3 Å². The molecule has 1 aromatic rings. The Morgan fingerprint density at radius 1 is 1.19 bits per heavy atom. The summed E-state index contributed by atoms with van der Waals surface area (Å²) in [6.07, 6.45) is 9.03. The van der Waals surface area contributed by atoms with Crippen LogP contribution >= 0.6 is 0 Å². The second kappa shape index (κ2) is 5.54. The van der Waals surface area contributed by atoms with Crippen LogP contribution in [0, 0.1) is 16.7 Å². The Bertz CT molecular complexity index is 753. The number of aryl methyl sites for hydroxylation is 1. The minimum absolute atomic E-state index is 0.00949. The van der Waals surface area contributed by atoms with Gasteiger partial charge in [0.25, 0.3) is 0 Å². The highest BCUT2D eigenvalue weighted by Gasteiger charge is 2.62. The molecule has 1 spiro atoms. The molecular formula is C19H27N5O2. The monoisotopic (exact) mass is 357 g/mol. The zero-order valence-electron chi connectivity index (χ0n) is 15.5. The molecule has 0 N–H and O–H groups in total. The zero-order chi connectivity index (χ0) is 17.9. The number of rotatable bonds is 3. The van der Waals surface area contributed by atoms with E-state index in [2.05, 4.69) is 15.2 Å². The van der Waals surface area contributed by atoms with Crippen molar-refractivity contribution in [3.63, 3.8) is 0 Å². The van der Waals surface area contributed by atoms with E-state index in [1.54, 1.807) is 10.9 Å². The number of fused-ring (bicyclic) bond motifs is 1. The molecule has 1 aromatic heterocycles. The van der Waals surface area contributed by atoms with Crippen LogP contribution in [0.4, 0.5) is 0 Å². The quantitative estimate of drug-likeness (QED) is 0.809. The van der Waals surface area contributed by atoms with E-state index in [1.807, 2.05) is 11.9 Å². The fourth-order valence-electron chi connectivity index (χ4n) is 5.62. The number of likely N-dealkylation sites (tertiary alicyclic amines) is 2. The summed E-state index contributed by atoms with van der Waals surface area (Å²) in [5.74, 6) is 1.22. The van der Waals surface area contributed by atoms with Gasteiger partial charge in [-0.25, -0.2) is 0 Å². The molecule has 4 aliphatic rings. The van der Waals surface area contributed by atoms with Crippen molar-refractivity contribution in [3.05, 3.63) is 11.9 Å². The normalized spacial score (nSPS) is 31.7. The lowest BCUT2D eigenvalue weighted by atomic mass is 9.78. The summed E-state index contributed by atoms with van der Waals surface area (Å²) in [6.45, 7) is 3.30. The SMILES string of the molecule is Cn1nncc1CC(=O)N1CC2(CCN(C(=O)C34CCCCC3C4)C2)C1. The Morgan fingerprint density at radius 3 is 2.73 bits per heavy atom. The van der Waals surface area contributed by atoms with Gasteiger partial charge in [-0.1, -0.05) is 18.1 Å². The van der Waals surface area contributed by atoms with Gasteiger partial charge in [0.15, 0.2) is 0 Å². The second-order valence-electron chi connectivity index (χ2n) is 9.06. The Balaban J connectivity index is 1.17. The van der Waals surface area contributed by atoms with E-state index in [4.69, 9.17) is 0 Å². The van der Waals surface area contributed by atoms with Gasteiger partial charge in [0.05, 0.1) is 23.7 Å². The molecule has 2 saturated carbocycles. The molecule has 2 saturated heterocycles. The predicted molar refractivity (Wildman–Crippen MR) is 93.9 cm³/mol. The van der Waals surface area contributed by atoms with Crippen LogP contribution in [0.5, 0.6) is 0 Å². The van der Waals surface area contributed by atoms with Gasteiger partial charge in [0.2, 0.25) is 11.8 Å². The summed E-state index contributed by atoms with van der Waals surface area (Å²) in [7, 11) is 1.81. The first-order chi connectivity index (χ1) is 12.5. The minimum Gasteiger partial charge on any atom is -0.341 e. The first kappa shape index (κ1) is 16.3. The van der Waals surface area contributed by atoms with Crippen molar-refractivity contribution in [2.45, 2.75) is 44.9 Å². The molecule has 7 heteroatoms. The van der Waals surface area contributed by atoms with E-state index in [1.165, 1.54) is 19.3 Å². The maximum absolute atomic E-state index is 13.1. The number of aromatic nitrogens is 3. The Labute approximate surface area is 153 Å². The maximum Gasteiger partial charge on any atom is 0.229 e. The lowest BCUT2D eigenvalue weighted by Gasteiger charge is -2.48. The number of hydrogen-bond donors (Lipinski definition) is 0. The van der Waals surface area contributed by atoms with E-state index >= 15 is 0 Å². The average molecular weight is 357 g/mol. The molecule has 0 aromatic carbocycles. The second-order valence-corrected chi connectivity index (χ2v) is 9.06. The Hall–Kier alpha value is -1.92. The van der Waals surface area contributed by atoms with Crippen LogP contribution in [-0.2, 0) is 23.1 Å². The van der Waals surface area contributed by atoms with E-state index in [9.17, 15) is 9.59 Å². The Kier molecular flexibility index (Phi) is 3.46. The summed E-state index contributed by atoms with van der Waals surface area (Å²) in [4.78, 5) is 29.6. The highest BCUT2D eigenvalue weighted by Crippen LogP contribution is 2.62. The highest BCUT2D eigenvalue weighted by atomic mass is 16.2. The summed E-state index contributed by atoms with van der Waals surface area (Å²) < 4.78 is 1.65. The highest BCUT2D eigenvalue weighted by molar-refractivity contribution is 5.86. The average Bonchev–Trinajstić information content (AvgIpc) is 2.97. The van der Waals surface area contributed by atoms with Crippen molar-refractivity contribution >= 4 is 11.8 Å². The molecule has 3 heterocycles. The molecular weight excluding hydrogens is 330 g/mol. The van der Waals surface area contributed by atoms with Gasteiger partial charge < -0.3 is 9.80 Å². The number of carbonyl (C=O) groups is 2. The van der Waals surface area contributed by atoms with Crippen molar-refractivity contribution in [2.75, 3.05) is 26.2 Å². The maximum atomic E-state index is 13.1. The minimum atomic E-state index is 0.00949. The van der Waals surface area contributed by atoms with Crippen LogP contribution in [0.3, 0.4) is 0 Å². The van der Waals surface area contributed by atoms with E-state index in [0.29, 0.717) is 18.2 Å². The molecule has 2 atom stereocenters. The topological polar surface area (TPSA) is 71.3 Å². The molecule has 2 aliphatic heterocycles. The van der Waals surface area contributed by atoms with Gasteiger partial charge in [-0.15, -0.1) is 5.10 Å². The van der Waals surface area contributed by atoms with Gasteiger partial charge in [0, 0.05) is 38.6 Å². The van der Waals surface area contributed by atoms with E-state index in [-0.39, 0.29) is 16.7 Å². The van der Waals surface area contributed by atoms with Crippen LogP contribution in [0.25, 0.3) is 0 Å². The van der Waals surface area contributed by atoms with Crippen molar-refractivity contribution < 1.29 is 9.59 Å². The number of hydrogen-bond acceptors (Lipinski definition) is 4. The van der Waals surface area contributed by atoms with Crippen molar-refractivity contribution in [1.29, 1.82) is 0 Å². The molecule has 4 fully saturated rings. The molecule has 7 nitrogen and oxygen atoms in total. The molecule has 0 radical (unpaired) electrons. The van der Waals surface area contributed by atoms with Crippen molar-refractivity contribution in [1.82, 2.24) is 24.8 Å². The summed E-state index contributed by atoms with van der Waals surface area (Å²) >= 11 is 0. The van der Waals surface area contributed by atoms with Crippen LogP contribution in [0.1, 0.15) is 44.2 Å². The molecule has 26 heavy (non-hydrogen) atoms. The molecule has 2 unspecified atom stereocenters. The molecule has 5 rings (SSSR count). The summed E-state index contributed by atoms with van der Waals surface area (Å²) in [6, 6.07) is 0. The molecule has 0 bridgehead atoms. The predicted octanol–water partition coefficient (Wildman–Crippen LogP) is 0.999. The number of carbonyl (C=O) groups excluding carboxylic acids is 2. The Morgan fingerprint density at radius 2 is 2.00 bits per heavy atom. The first-order valence-electron chi connectivity index (χ1n) is 9.92. The third-order valence-electron chi connectivity index (χ3n) is 7.35. The summed E-state index contributed by atoms with van der Waals surface area (Å²) in [5.41, 5.74) is 0.997. The van der Waals surface area contributed by atoms with Crippen molar-refractivity contribution in [3.8, 4) is 0 Å². The summed E-state index contributed by atoms with van der Waals surface area (Å²) in [5, 5.41) is 7.71. The van der Waals surface area contributed by atoms with E-state index < -0.39 is 0 Å². The fourth-order valence-corrected chi connectivity index (χ4v) is 5.62. The van der Waals surface area contributed by atoms with Crippen LogP contribution < -0.4 is 0 Å². The van der Waals surface area contributed by atoms with E-state index in [0.717, 1.165) is 51.1 Å². The third kappa shape index (κ3) is 2.39. The largest absolute Gasteiger partial charge is 0.341 e. The van der Waals surface area contributed by atoms with Crippen LogP contribution in [-0.4, -0.2) is 62.8 Å². The number of amides is 2. The smallest absolute Gasteiger partial charge is 0.229 e. The number of nitrogens with zero attached hydrogens (tertiary/aromatic N) is 5.